The van der Waals surface area contributed by atoms with E-state index in [0.29, 0.717) is 12.1 Å². The van der Waals surface area contributed by atoms with Crippen LogP contribution in [0.4, 0.5) is 5.69 Å². The number of hydrogen-bond acceptors (Lipinski definition) is 10. The number of amides is 8. The average molecular weight is 1120 g/mol. The van der Waals surface area contributed by atoms with E-state index in [-0.39, 0.29) is 78.7 Å². The van der Waals surface area contributed by atoms with Crippen LogP contribution in [0.15, 0.2) is 91.0 Å². The van der Waals surface area contributed by atoms with Crippen LogP contribution in [0.5, 0.6) is 0 Å². The molecule has 4 aromatic carbocycles. The zero-order valence-electron chi connectivity index (χ0n) is 49.3. The van der Waals surface area contributed by atoms with Gasteiger partial charge in [0.1, 0.15) is 24.2 Å². The number of benzene rings is 4. The third-order valence-electron chi connectivity index (χ3n) is 16.9. The summed E-state index contributed by atoms with van der Waals surface area (Å²) < 4.78 is 0. The Morgan fingerprint density at radius 3 is 1.65 bits per heavy atom. The summed E-state index contributed by atoms with van der Waals surface area (Å²) in [7, 11) is 3.36. The summed E-state index contributed by atoms with van der Waals surface area (Å²) in [5.74, 6) is -3.02. The van der Waals surface area contributed by atoms with Gasteiger partial charge in [-0.15, -0.1) is 0 Å². The molecule has 2 aliphatic heterocycles. The first-order valence-electron chi connectivity index (χ1n) is 29.2. The van der Waals surface area contributed by atoms with Gasteiger partial charge in [0.05, 0.1) is 24.2 Å². The monoisotopic (exact) mass is 1120 g/mol. The zero-order chi connectivity index (χ0) is 59.2. The normalized spacial score (nSPS) is 21.0. The number of carbonyl (C=O) groups excluding carboxylic acids is 8. The molecule has 8 N–H and O–H groups in total. The molecule has 0 radical (unpaired) electrons. The van der Waals surface area contributed by atoms with Crippen LogP contribution in [-0.4, -0.2) is 120 Å². The number of anilines is 1. The van der Waals surface area contributed by atoms with E-state index < -0.39 is 70.8 Å². The first kappa shape index (κ1) is 60.7. The molecular formula is C64H84N10O8. The molecule has 1 saturated heterocycles. The highest BCUT2D eigenvalue weighted by atomic mass is 16.2. The third kappa shape index (κ3) is 13.9. The van der Waals surface area contributed by atoms with Crippen molar-refractivity contribution in [3.8, 4) is 0 Å². The van der Waals surface area contributed by atoms with Crippen LogP contribution in [0, 0.1) is 10.8 Å². The fourth-order valence-electron chi connectivity index (χ4n) is 11.9. The van der Waals surface area contributed by atoms with Gasteiger partial charge in [0.15, 0.2) is 0 Å². The first-order valence-corrected chi connectivity index (χ1v) is 29.2. The van der Waals surface area contributed by atoms with Gasteiger partial charge in [-0.25, -0.2) is 0 Å². The maximum atomic E-state index is 15.0. The highest BCUT2D eigenvalue weighted by molar-refractivity contribution is 6.05. The lowest BCUT2D eigenvalue weighted by Crippen LogP contribution is -2.62. The van der Waals surface area contributed by atoms with Crippen LogP contribution < -0.4 is 42.5 Å². The van der Waals surface area contributed by atoms with E-state index in [1.54, 1.807) is 50.2 Å². The summed E-state index contributed by atoms with van der Waals surface area (Å²) in [4.78, 5) is 116. The van der Waals surface area contributed by atoms with Crippen LogP contribution in [0.3, 0.4) is 0 Å². The van der Waals surface area contributed by atoms with E-state index in [0.717, 1.165) is 60.8 Å². The number of aryl methyl sites for hydroxylation is 2. The molecule has 0 saturated carbocycles. The number of likely N-dealkylation sites (tertiary alicyclic amines) is 1. The Bertz CT molecular complexity index is 3040. The van der Waals surface area contributed by atoms with Gasteiger partial charge < -0.3 is 52.3 Å². The van der Waals surface area contributed by atoms with Crippen molar-refractivity contribution in [2.45, 2.75) is 174 Å². The maximum absolute atomic E-state index is 15.0. The minimum Gasteiger partial charge on any atom is -0.347 e. The smallest absolute Gasteiger partial charge is 0.255 e. The zero-order valence-corrected chi connectivity index (χ0v) is 49.3. The highest BCUT2D eigenvalue weighted by Crippen LogP contribution is 2.35. The summed E-state index contributed by atoms with van der Waals surface area (Å²) >= 11 is 0. The fraction of sp³-hybridized carbons (Fsp3) is 0.500. The number of fused-ring (bicyclic) bond motifs is 3. The molecule has 18 nitrogen and oxygen atoms in total. The minimum absolute atomic E-state index is 0.0221. The van der Waals surface area contributed by atoms with Crippen molar-refractivity contribution in [2.24, 2.45) is 10.8 Å². The Balaban J connectivity index is 0.975. The van der Waals surface area contributed by atoms with Crippen LogP contribution in [0.2, 0.25) is 0 Å². The molecule has 4 aliphatic rings. The van der Waals surface area contributed by atoms with E-state index in [1.165, 1.54) is 28.2 Å². The van der Waals surface area contributed by atoms with Gasteiger partial charge in [0, 0.05) is 42.4 Å². The lowest BCUT2D eigenvalue weighted by molar-refractivity contribution is -0.147. The fourth-order valence-corrected chi connectivity index (χ4v) is 11.9. The van der Waals surface area contributed by atoms with Gasteiger partial charge in [0.2, 0.25) is 35.4 Å². The van der Waals surface area contributed by atoms with Crippen molar-refractivity contribution in [3.63, 3.8) is 0 Å². The predicted molar refractivity (Wildman–Crippen MR) is 315 cm³/mol. The molecule has 0 bridgehead atoms. The minimum atomic E-state index is -0.977. The molecule has 0 spiro atoms. The molecule has 4 aromatic rings. The Morgan fingerprint density at radius 1 is 0.585 bits per heavy atom. The van der Waals surface area contributed by atoms with Crippen molar-refractivity contribution in [1.82, 2.24) is 47.0 Å². The number of hydrogen-bond donors (Lipinski definition) is 8. The lowest BCUT2D eigenvalue weighted by Gasteiger charge is -2.42. The third-order valence-corrected chi connectivity index (χ3v) is 16.9. The van der Waals surface area contributed by atoms with Crippen molar-refractivity contribution in [3.05, 3.63) is 136 Å². The van der Waals surface area contributed by atoms with E-state index in [9.17, 15) is 38.4 Å². The number of nitrogens with one attached hydrogen (secondary N) is 8. The molecule has 0 aromatic heterocycles. The SMILES string of the molecule is CC[C@H](NC)C(=O)N[C@H](C(=O)N1Cc2cc(NC(=O)c3ccc(C(=O)N[C@H]4C[C@@H](C(=O)NC5CCCc6ccccc65)N(C(=O)[C@@H](NC(=O)[C@H](C)NC)C(C)(C)C)C4)cc3)ccc2C[C@H]1C(=O)NC1CCCc2ccccc21)C(C)(C)C. The van der Waals surface area contributed by atoms with Crippen molar-refractivity contribution in [1.29, 1.82) is 0 Å². The van der Waals surface area contributed by atoms with E-state index in [1.807, 2.05) is 90.9 Å². The molecule has 9 atom stereocenters. The highest BCUT2D eigenvalue weighted by Gasteiger charge is 2.47. The summed E-state index contributed by atoms with van der Waals surface area (Å²) in [6.45, 7) is 14.9. The second-order valence-electron chi connectivity index (χ2n) is 24.8. The van der Waals surface area contributed by atoms with Gasteiger partial charge in [-0.2, -0.15) is 0 Å². The van der Waals surface area contributed by atoms with Crippen molar-refractivity contribution in [2.75, 3.05) is 26.0 Å². The van der Waals surface area contributed by atoms with Gasteiger partial charge in [-0.3, -0.25) is 38.4 Å². The van der Waals surface area contributed by atoms with Gasteiger partial charge >= 0.3 is 0 Å². The van der Waals surface area contributed by atoms with Crippen LogP contribution in [0.25, 0.3) is 0 Å². The van der Waals surface area contributed by atoms with Crippen LogP contribution in [-0.2, 0) is 54.6 Å². The number of nitrogens with zero attached hydrogens (tertiary/aromatic N) is 2. The molecule has 2 aliphatic carbocycles. The molecule has 2 heterocycles. The molecule has 8 amide bonds. The standard InChI is InChI=1S/C64H84N10O8/c1-11-48(66-10)58(78)72-54(64(6,7)8)61(81)73-35-43-32-44(31-30-42(43)33-51(73)59(79)69-49-24-16-20-38-18-12-14-22-46(38)49)67-56(76)40-26-28-41(29-27-40)57(77)68-45-34-52(60(80)70-50-25-17-21-39-19-13-15-23-47(39)50)74(36-45)62(82)53(63(3,4)5)71-55(75)37(2)65-9/h12-15,18-19,22-23,26-32,37,45,48-54,65-66H,11,16-17,20-21,24-25,33-36H2,1-10H3,(H,67,76)(H,68,77)(H,69,79)(H,70,80)(H,71,75)(H,72,78)/t37-,45-,48-,49?,50?,51-,52-,53+,54+/m0/s1. The second-order valence-corrected chi connectivity index (χ2v) is 24.8. The quantitative estimate of drug-likeness (QED) is 0.0619. The largest absolute Gasteiger partial charge is 0.347 e. The molecule has 18 heteroatoms. The molecule has 2 unspecified atom stereocenters. The van der Waals surface area contributed by atoms with E-state index >= 15 is 0 Å². The van der Waals surface area contributed by atoms with Crippen LogP contribution in [0.1, 0.15) is 160 Å². The molecular weight excluding hydrogens is 1040 g/mol. The van der Waals surface area contributed by atoms with E-state index in [4.69, 9.17) is 0 Å². The van der Waals surface area contributed by atoms with Crippen molar-refractivity contribution >= 4 is 52.9 Å². The number of carbonyl (C=O) groups is 8. The summed E-state index contributed by atoms with van der Waals surface area (Å²) in [5.41, 5.74) is 5.59. The Kier molecular flexibility index (Phi) is 19.1. The molecule has 438 valence electrons. The lowest BCUT2D eigenvalue weighted by atomic mass is 9.83. The molecule has 1 fully saturated rings. The summed E-state index contributed by atoms with van der Waals surface area (Å²) in [5, 5.41) is 24.4. The molecule has 8 rings (SSSR count). The van der Waals surface area contributed by atoms with Gasteiger partial charge in [0.25, 0.3) is 11.8 Å². The first-order chi connectivity index (χ1) is 39.0. The maximum Gasteiger partial charge on any atom is 0.255 e. The Morgan fingerprint density at radius 2 is 1.11 bits per heavy atom. The number of likely N-dealkylation sites (N-methyl/N-ethyl adjacent to an activating group) is 2. The van der Waals surface area contributed by atoms with Gasteiger partial charge in [-0.1, -0.05) is 103 Å². The Labute approximate surface area is 482 Å². The van der Waals surface area contributed by atoms with E-state index in [2.05, 4.69) is 54.7 Å². The average Bonchev–Trinajstić information content (AvgIpc) is 3.48. The van der Waals surface area contributed by atoms with Gasteiger partial charge in [-0.05, 0) is 153 Å². The number of rotatable bonds is 17. The Hall–Kier alpha value is -7.44. The summed E-state index contributed by atoms with van der Waals surface area (Å²) in [6, 6.07) is 21.8. The van der Waals surface area contributed by atoms with Crippen molar-refractivity contribution < 1.29 is 38.4 Å². The van der Waals surface area contributed by atoms with Crippen LogP contribution >= 0.6 is 0 Å². The predicted octanol–water partition coefficient (Wildman–Crippen LogP) is 5.95. The summed E-state index contributed by atoms with van der Waals surface area (Å²) in [6.07, 6.45) is 6.01. The topological polar surface area (TPSA) is 239 Å². The second kappa shape index (κ2) is 25.8. The molecule has 82 heavy (non-hydrogen) atoms.